The Kier molecular flexibility index (Phi) is 4.60. The molecule has 2 unspecified atom stereocenters. The maximum Gasteiger partial charge on any atom is 0.0303 e. The molecular weight excluding hydrogens is 184 g/mol. The monoisotopic (exact) mass is 212 g/mol. The molecule has 1 heterocycles. The van der Waals surface area contributed by atoms with E-state index in [-0.39, 0.29) is 0 Å². The summed E-state index contributed by atoms with van der Waals surface area (Å²) < 4.78 is 0. The van der Waals surface area contributed by atoms with Crippen LogP contribution in [0.2, 0.25) is 0 Å². The fourth-order valence-corrected chi connectivity index (χ4v) is 2.25. The summed E-state index contributed by atoms with van der Waals surface area (Å²) in [4.78, 5) is 2.69. The van der Waals surface area contributed by atoms with Crippen molar-refractivity contribution in [3.8, 4) is 0 Å². The van der Waals surface area contributed by atoms with E-state index in [9.17, 15) is 0 Å². The van der Waals surface area contributed by atoms with Crippen molar-refractivity contribution in [1.29, 1.82) is 0 Å². The van der Waals surface area contributed by atoms with Crippen LogP contribution < -0.4 is 5.32 Å². The van der Waals surface area contributed by atoms with Crippen LogP contribution in [0.1, 0.15) is 47.5 Å². The lowest BCUT2D eigenvalue weighted by Crippen LogP contribution is -2.62. The van der Waals surface area contributed by atoms with Crippen LogP contribution in [0.5, 0.6) is 0 Å². The Hall–Kier alpha value is -0.0800. The first-order valence-corrected chi connectivity index (χ1v) is 6.46. The molecular formula is C13H28N2. The number of rotatable bonds is 4. The summed E-state index contributed by atoms with van der Waals surface area (Å²) >= 11 is 0. The van der Waals surface area contributed by atoms with E-state index in [1.54, 1.807) is 0 Å². The highest BCUT2D eigenvalue weighted by atomic mass is 15.3. The van der Waals surface area contributed by atoms with Crippen molar-refractivity contribution in [2.75, 3.05) is 19.6 Å². The molecule has 90 valence electrons. The summed E-state index contributed by atoms with van der Waals surface area (Å²) in [5.41, 5.74) is 0.376. The lowest BCUT2D eigenvalue weighted by Gasteiger charge is -2.47. The maximum absolute atomic E-state index is 3.60. The molecule has 0 aliphatic carbocycles. The van der Waals surface area contributed by atoms with Crippen LogP contribution in [0.4, 0.5) is 0 Å². The van der Waals surface area contributed by atoms with Gasteiger partial charge in [0.15, 0.2) is 0 Å². The molecule has 1 aliphatic rings. The van der Waals surface area contributed by atoms with Crippen molar-refractivity contribution in [2.45, 2.75) is 59.0 Å². The Morgan fingerprint density at radius 3 is 2.67 bits per heavy atom. The van der Waals surface area contributed by atoms with E-state index in [1.807, 2.05) is 0 Å². The highest BCUT2D eigenvalue weighted by molar-refractivity contribution is 4.93. The van der Waals surface area contributed by atoms with Gasteiger partial charge in [-0.25, -0.2) is 0 Å². The van der Waals surface area contributed by atoms with E-state index in [2.05, 4.69) is 44.8 Å². The third kappa shape index (κ3) is 3.46. The molecule has 1 aliphatic heterocycles. The van der Waals surface area contributed by atoms with E-state index >= 15 is 0 Å². The molecule has 0 aromatic heterocycles. The van der Waals surface area contributed by atoms with Gasteiger partial charge < -0.3 is 5.32 Å². The Labute approximate surface area is 95.4 Å². The minimum absolute atomic E-state index is 0.376. The molecule has 0 aromatic carbocycles. The molecule has 1 N–H and O–H groups in total. The number of nitrogens with one attached hydrogen (secondary N) is 1. The first kappa shape index (κ1) is 13.0. The Morgan fingerprint density at radius 1 is 1.47 bits per heavy atom. The lowest BCUT2D eigenvalue weighted by atomic mass is 9.91. The lowest BCUT2D eigenvalue weighted by molar-refractivity contribution is 0.0487. The second-order valence-corrected chi connectivity index (χ2v) is 5.76. The summed E-state index contributed by atoms with van der Waals surface area (Å²) in [6.07, 6.45) is 2.56. The van der Waals surface area contributed by atoms with Gasteiger partial charge in [0.2, 0.25) is 0 Å². The smallest absolute Gasteiger partial charge is 0.0303 e. The molecule has 1 rings (SSSR count). The summed E-state index contributed by atoms with van der Waals surface area (Å²) in [5, 5.41) is 3.60. The van der Waals surface area contributed by atoms with Gasteiger partial charge in [-0.1, -0.05) is 20.8 Å². The molecule has 0 aromatic rings. The van der Waals surface area contributed by atoms with Gasteiger partial charge in [0.05, 0.1) is 0 Å². The zero-order valence-corrected chi connectivity index (χ0v) is 11.1. The number of hydrogen-bond donors (Lipinski definition) is 1. The summed E-state index contributed by atoms with van der Waals surface area (Å²) in [7, 11) is 0. The van der Waals surface area contributed by atoms with E-state index < -0.39 is 0 Å². The highest BCUT2D eigenvalue weighted by Gasteiger charge is 2.34. The molecule has 2 heteroatoms. The zero-order chi connectivity index (χ0) is 11.5. The van der Waals surface area contributed by atoms with Crippen LogP contribution >= 0.6 is 0 Å². The van der Waals surface area contributed by atoms with E-state index in [0.29, 0.717) is 11.6 Å². The van der Waals surface area contributed by atoms with Crippen LogP contribution in [-0.4, -0.2) is 36.1 Å². The summed E-state index contributed by atoms with van der Waals surface area (Å²) in [6, 6.07) is 0.650. The van der Waals surface area contributed by atoms with Gasteiger partial charge in [0, 0.05) is 24.7 Å². The molecule has 15 heavy (non-hydrogen) atoms. The average Bonchev–Trinajstić information content (AvgIpc) is 2.19. The number of nitrogens with zero attached hydrogens (tertiary/aromatic N) is 1. The molecule has 2 atom stereocenters. The van der Waals surface area contributed by atoms with Crippen molar-refractivity contribution in [1.82, 2.24) is 10.2 Å². The second kappa shape index (κ2) is 5.31. The van der Waals surface area contributed by atoms with Crippen LogP contribution in [0, 0.1) is 5.92 Å². The van der Waals surface area contributed by atoms with Gasteiger partial charge in [0.25, 0.3) is 0 Å². The predicted molar refractivity (Wildman–Crippen MR) is 67.2 cm³/mol. The molecule has 0 bridgehead atoms. The normalized spacial score (nSPS) is 33.6. The van der Waals surface area contributed by atoms with Crippen LogP contribution in [0.25, 0.3) is 0 Å². The SMILES string of the molecule is CCC1(C)CNC(C)CN1CCC(C)C. The minimum atomic E-state index is 0.376. The number of piperazine rings is 1. The third-order valence-corrected chi connectivity index (χ3v) is 3.83. The van der Waals surface area contributed by atoms with Gasteiger partial charge in [0.1, 0.15) is 0 Å². The Balaban J connectivity index is 2.54. The largest absolute Gasteiger partial charge is 0.311 e. The van der Waals surface area contributed by atoms with Gasteiger partial charge in [-0.3, -0.25) is 4.90 Å². The van der Waals surface area contributed by atoms with Crippen molar-refractivity contribution in [3.05, 3.63) is 0 Å². The molecule has 1 fully saturated rings. The van der Waals surface area contributed by atoms with E-state index in [4.69, 9.17) is 0 Å². The molecule has 0 spiro atoms. The van der Waals surface area contributed by atoms with Crippen molar-refractivity contribution in [2.24, 2.45) is 5.92 Å². The average molecular weight is 212 g/mol. The van der Waals surface area contributed by atoms with Gasteiger partial charge in [-0.15, -0.1) is 0 Å². The highest BCUT2D eigenvalue weighted by Crippen LogP contribution is 2.23. The first-order chi connectivity index (χ1) is 6.98. The molecule has 0 radical (unpaired) electrons. The quantitative estimate of drug-likeness (QED) is 0.770. The van der Waals surface area contributed by atoms with E-state index in [0.717, 1.165) is 12.5 Å². The zero-order valence-electron chi connectivity index (χ0n) is 11.1. The van der Waals surface area contributed by atoms with Gasteiger partial charge >= 0.3 is 0 Å². The summed E-state index contributed by atoms with van der Waals surface area (Å²) in [6.45, 7) is 15.2. The number of hydrogen-bond acceptors (Lipinski definition) is 2. The maximum atomic E-state index is 3.60. The fraction of sp³-hybridized carbons (Fsp3) is 1.00. The van der Waals surface area contributed by atoms with Crippen LogP contribution in [0.15, 0.2) is 0 Å². The van der Waals surface area contributed by atoms with Gasteiger partial charge in [-0.05, 0) is 39.2 Å². The van der Waals surface area contributed by atoms with E-state index in [1.165, 1.54) is 25.9 Å². The Bertz CT molecular complexity index is 191. The molecule has 1 saturated heterocycles. The fourth-order valence-electron chi connectivity index (χ4n) is 2.25. The predicted octanol–water partition coefficient (Wildman–Crippen LogP) is 2.49. The minimum Gasteiger partial charge on any atom is -0.311 e. The second-order valence-electron chi connectivity index (χ2n) is 5.76. The van der Waals surface area contributed by atoms with Crippen LogP contribution in [-0.2, 0) is 0 Å². The topological polar surface area (TPSA) is 15.3 Å². The molecule has 0 saturated carbocycles. The van der Waals surface area contributed by atoms with Crippen molar-refractivity contribution in [3.63, 3.8) is 0 Å². The Morgan fingerprint density at radius 2 is 2.13 bits per heavy atom. The van der Waals surface area contributed by atoms with Gasteiger partial charge in [-0.2, -0.15) is 0 Å². The third-order valence-electron chi connectivity index (χ3n) is 3.83. The van der Waals surface area contributed by atoms with Crippen molar-refractivity contribution < 1.29 is 0 Å². The van der Waals surface area contributed by atoms with Crippen LogP contribution in [0.3, 0.4) is 0 Å². The molecule has 0 amide bonds. The standard InChI is InChI=1S/C13H28N2/c1-6-13(5)10-14-12(4)9-15(13)8-7-11(2)3/h11-12,14H,6-10H2,1-5H3. The molecule has 2 nitrogen and oxygen atoms in total. The van der Waals surface area contributed by atoms with Crippen molar-refractivity contribution >= 4 is 0 Å². The first-order valence-electron chi connectivity index (χ1n) is 6.46. The summed E-state index contributed by atoms with van der Waals surface area (Å²) in [5.74, 6) is 0.816.